The van der Waals surface area contributed by atoms with Crippen molar-refractivity contribution < 1.29 is 4.74 Å². The highest BCUT2D eigenvalue weighted by molar-refractivity contribution is 4.91. The van der Waals surface area contributed by atoms with Gasteiger partial charge < -0.3 is 15.0 Å². The highest BCUT2D eigenvalue weighted by atomic mass is 16.5. The van der Waals surface area contributed by atoms with Gasteiger partial charge in [-0.2, -0.15) is 0 Å². The van der Waals surface area contributed by atoms with Crippen molar-refractivity contribution in [3.63, 3.8) is 0 Å². The summed E-state index contributed by atoms with van der Waals surface area (Å²) in [6.07, 6.45) is 5.42. The van der Waals surface area contributed by atoms with Crippen LogP contribution in [0.1, 0.15) is 25.7 Å². The Balaban J connectivity index is 1.50. The van der Waals surface area contributed by atoms with E-state index in [9.17, 15) is 0 Å². The van der Waals surface area contributed by atoms with Gasteiger partial charge in [-0.1, -0.05) is 0 Å². The molecule has 0 spiro atoms. The van der Waals surface area contributed by atoms with E-state index in [0.29, 0.717) is 5.41 Å². The van der Waals surface area contributed by atoms with Crippen LogP contribution in [0.25, 0.3) is 0 Å². The Bertz CT molecular complexity index is 274. The molecule has 3 rings (SSSR count). The Morgan fingerprint density at radius 2 is 1.79 bits per heavy atom. The minimum atomic E-state index is 0.405. The quantitative estimate of drug-likeness (QED) is 0.797. The lowest BCUT2D eigenvalue weighted by Gasteiger charge is -2.43. The van der Waals surface area contributed by atoms with Gasteiger partial charge in [-0.25, -0.2) is 0 Å². The van der Waals surface area contributed by atoms with Crippen LogP contribution in [0.3, 0.4) is 0 Å². The van der Waals surface area contributed by atoms with Gasteiger partial charge >= 0.3 is 0 Å². The van der Waals surface area contributed by atoms with Crippen LogP contribution >= 0.6 is 0 Å². The van der Waals surface area contributed by atoms with Crippen molar-refractivity contribution in [2.75, 3.05) is 59.5 Å². The van der Waals surface area contributed by atoms with Crippen LogP contribution in [0.5, 0.6) is 0 Å². The molecule has 2 heterocycles. The summed E-state index contributed by atoms with van der Waals surface area (Å²) in [7, 11) is 1.86. The molecule has 0 unspecified atom stereocenters. The molecule has 19 heavy (non-hydrogen) atoms. The van der Waals surface area contributed by atoms with Crippen molar-refractivity contribution in [2.24, 2.45) is 5.41 Å². The summed E-state index contributed by atoms with van der Waals surface area (Å²) in [5.74, 6) is 0. The van der Waals surface area contributed by atoms with Crippen LogP contribution < -0.4 is 5.32 Å². The summed E-state index contributed by atoms with van der Waals surface area (Å²) in [5.41, 5.74) is 0.405. The van der Waals surface area contributed by atoms with Gasteiger partial charge in [0.1, 0.15) is 0 Å². The van der Waals surface area contributed by atoms with Crippen LogP contribution in [0.4, 0.5) is 0 Å². The Morgan fingerprint density at radius 3 is 2.37 bits per heavy atom. The molecule has 0 aromatic carbocycles. The van der Waals surface area contributed by atoms with E-state index in [0.717, 1.165) is 25.7 Å². The molecule has 1 aliphatic carbocycles. The SMILES string of the molecule is COCC1(CN2CCN(C3CC3)CC2)CCNCC1. The second kappa shape index (κ2) is 6.08. The smallest absolute Gasteiger partial charge is 0.0531 e. The fourth-order valence-corrected chi connectivity index (χ4v) is 3.81. The van der Waals surface area contributed by atoms with Crippen molar-refractivity contribution in [3.05, 3.63) is 0 Å². The lowest BCUT2D eigenvalue weighted by molar-refractivity contribution is 0.00768. The van der Waals surface area contributed by atoms with Crippen molar-refractivity contribution in [1.29, 1.82) is 0 Å². The Morgan fingerprint density at radius 1 is 1.11 bits per heavy atom. The normalized spacial score (nSPS) is 29.5. The first kappa shape index (κ1) is 13.8. The monoisotopic (exact) mass is 267 g/mol. The number of nitrogens with one attached hydrogen (secondary N) is 1. The molecule has 4 nitrogen and oxygen atoms in total. The van der Waals surface area contributed by atoms with E-state index < -0.39 is 0 Å². The molecule has 110 valence electrons. The van der Waals surface area contributed by atoms with Gasteiger partial charge in [0.25, 0.3) is 0 Å². The number of piperazine rings is 1. The Hall–Kier alpha value is -0.160. The third-order valence-electron chi connectivity index (χ3n) is 5.14. The summed E-state index contributed by atoms with van der Waals surface area (Å²) >= 11 is 0. The third-order valence-corrected chi connectivity index (χ3v) is 5.14. The lowest BCUT2D eigenvalue weighted by atomic mass is 9.79. The molecule has 1 N–H and O–H groups in total. The number of nitrogens with zero attached hydrogens (tertiary/aromatic N) is 2. The zero-order valence-electron chi connectivity index (χ0n) is 12.4. The number of methoxy groups -OCH3 is 1. The van der Waals surface area contributed by atoms with Gasteiger partial charge in [0.15, 0.2) is 0 Å². The average Bonchev–Trinajstić information content (AvgIpc) is 3.25. The van der Waals surface area contributed by atoms with Crippen molar-refractivity contribution >= 4 is 0 Å². The van der Waals surface area contributed by atoms with Gasteiger partial charge in [-0.05, 0) is 38.8 Å². The van der Waals surface area contributed by atoms with E-state index in [2.05, 4.69) is 15.1 Å². The van der Waals surface area contributed by atoms with Crippen LogP contribution in [0, 0.1) is 5.41 Å². The molecule has 4 heteroatoms. The average molecular weight is 267 g/mol. The third kappa shape index (κ3) is 3.48. The fourth-order valence-electron chi connectivity index (χ4n) is 3.81. The standard InChI is InChI=1S/C15H29N3O/c1-19-13-15(4-6-16-7-5-15)12-17-8-10-18(11-9-17)14-2-3-14/h14,16H,2-13H2,1H3. The molecule has 0 radical (unpaired) electrons. The first-order valence-electron chi connectivity index (χ1n) is 7.97. The summed E-state index contributed by atoms with van der Waals surface area (Å²) in [6.45, 7) is 9.57. The summed E-state index contributed by atoms with van der Waals surface area (Å²) < 4.78 is 5.53. The highest BCUT2D eigenvalue weighted by Crippen LogP contribution is 2.32. The maximum Gasteiger partial charge on any atom is 0.0531 e. The number of ether oxygens (including phenoxy) is 1. The summed E-state index contributed by atoms with van der Waals surface area (Å²) in [4.78, 5) is 5.38. The molecule has 0 bridgehead atoms. The maximum atomic E-state index is 5.53. The molecule has 1 saturated carbocycles. The first-order valence-corrected chi connectivity index (χ1v) is 7.97. The predicted octanol–water partition coefficient (Wildman–Crippen LogP) is 0.783. The van der Waals surface area contributed by atoms with Gasteiger partial charge in [-0.15, -0.1) is 0 Å². The zero-order valence-corrected chi connectivity index (χ0v) is 12.4. The van der Waals surface area contributed by atoms with Gasteiger partial charge in [0, 0.05) is 51.3 Å². The van der Waals surface area contributed by atoms with Crippen LogP contribution in [-0.2, 0) is 4.74 Å². The number of hydrogen-bond donors (Lipinski definition) is 1. The molecule has 0 aromatic rings. The molecule has 2 aliphatic heterocycles. The molecular weight excluding hydrogens is 238 g/mol. The minimum absolute atomic E-state index is 0.405. The van der Waals surface area contributed by atoms with E-state index in [-0.39, 0.29) is 0 Å². The summed E-state index contributed by atoms with van der Waals surface area (Å²) in [5, 5.41) is 3.48. The van der Waals surface area contributed by atoms with E-state index >= 15 is 0 Å². The van der Waals surface area contributed by atoms with Crippen LogP contribution in [-0.4, -0.2) is 75.4 Å². The number of piperidine rings is 1. The first-order chi connectivity index (χ1) is 9.31. The van der Waals surface area contributed by atoms with Crippen molar-refractivity contribution in [3.8, 4) is 0 Å². The Labute approximate surface area is 117 Å². The fraction of sp³-hybridized carbons (Fsp3) is 1.00. The van der Waals surface area contributed by atoms with E-state index in [1.165, 1.54) is 58.4 Å². The van der Waals surface area contributed by atoms with Crippen molar-refractivity contribution in [2.45, 2.75) is 31.7 Å². The minimum Gasteiger partial charge on any atom is -0.384 e. The van der Waals surface area contributed by atoms with E-state index in [1.807, 2.05) is 7.11 Å². The largest absolute Gasteiger partial charge is 0.384 e. The van der Waals surface area contributed by atoms with Crippen molar-refractivity contribution in [1.82, 2.24) is 15.1 Å². The molecule has 0 atom stereocenters. The van der Waals surface area contributed by atoms with Gasteiger partial charge in [0.05, 0.1) is 6.61 Å². The number of hydrogen-bond acceptors (Lipinski definition) is 4. The Kier molecular flexibility index (Phi) is 4.42. The van der Waals surface area contributed by atoms with Gasteiger partial charge in [0.2, 0.25) is 0 Å². The van der Waals surface area contributed by atoms with E-state index in [1.54, 1.807) is 0 Å². The second-order valence-corrected chi connectivity index (χ2v) is 6.73. The maximum absolute atomic E-state index is 5.53. The molecular formula is C15H29N3O. The molecule has 3 fully saturated rings. The van der Waals surface area contributed by atoms with Crippen LogP contribution in [0.2, 0.25) is 0 Å². The molecule has 0 aromatic heterocycles. The predicted molar refractivity (Wildman–Crippen MR) is 77.4 cm³/mol. The molecule has 0 amide bonds. The topological polar surface area (TPSA) is 27.7 Å². The summed E-state index contributed by atoms with van der Waals surface area (Å²) in [6, 6.07) is 0.939. The molecule has 3 aliphatic rings. The lowest BCUT2D eigenvalue weighted by Crippen LogP contribution is -2.53. The number of rotatable bonds is 5. The van der Waals surface area contributed by atoms with Crippen LogP contribution in [0.15, 0.2) is 0 Å². The van der Waals surface area contributed by atoms with E-state index in [4.69, 9.17) is 4.74 Å². The molecule has 2 saturated heterocycles. The highest BCUT2D eigenvalue weighted by Gasteiger charge is 2.36. The van der Waals surface area contributed by atoms with Gasteiger partial charge in [-0.3, -0.25) is 4.90 Å². The second-order valence-electron chi connectivity index (χ2n) is 6.73. The zero-order chi connectivity index (χ0) is 13.1.